The van der Waals surface area contributed by atoms with E-state index in [4.69, 9.17) is 0 Å². The van der Waals surface area contributed by atoms with Crippen molar-refractivity contribution in [3.8, 4) is 0 Å². The standard InChI is InChI=1S/C10H15NS/c1-11-7-8-2-3-10-9(6-8)4-5-12-10/h4-5,8,11H,2-3,6-7H2,1H3. The molecule has 1 nitrogen and oxygen atoms in total. The minimum absolute atomic E-state index is 0.872. The van der Waals surface area contributed by atoms with Gasteiger partial charge in [0, 0.05) is 4.88 Å². The Kier molecular flexibility index (Phi) is 2.47. The summed E-state index contributed by atoms with van der Waals surface area (Å²) in [6, 6.07) is 2.29. The fraction of sp³-hybridized carbons (Fsp3) is 0.600. The van der Waals surface area contributed by atoms with Crippen LogP contribution in [0.5, 0.6) is 0 Å². The highest BCUT2D eigenvalue weighted by molar-refractivity contribution is 7.10. The summed E-state index contributed by atoms with van der Waals surface area (Å²) in [7, 11) is 2.04. The molecule has 0 aromatic carbocycles. The van der Waals surface area contributed by atoms with Crippen LogP contribution in [0.4, 0.5) is 0 Å². The van der Waals surface area contributed by atoms with Gasteiger partial charge in [0.25, 0.3) is 0 Å². The number of hydrogen-bond acceptors (Lipinski definition) is 2. The quantitative estimate of drug-likeness (QED) is 0.736. The SMILES string of the molecule is CNCC1CCc2sccc2C1. The third-order valence-electron chi connectivity index (χ3n) is 2.62. The monoisotopic (exact) mass is 181 g/mol. The van der Waals surface area contributed by atoms with Crippen LogP contribution in [0.1, 0.15) is 16.9 Å². The van der Waals surface area contributed by atoms with E-state index in [0.29, 0.717) is 0 Å². The second-order valence-electron chi connectivity index (χ2n) is 3.54. The van der Waals surface area contributed by atoms with Gasteiger partial charge in [0.2, 0.25) is 0 Å². The topological polar surface area (TPSA) is 12.0 Å². The molecule has 1 unspecified atom stereocenters. The second-order valence-corrected chi connectivity index (χ2v) is 4.54. The molecule has 1 aromatic heterocycles. The molecule has 0 amide bonds. The van der Waals surface area contributed by atoms with Gasteiger partial charge in [-0.05, 0) is 55.8 Å². The average Bonchev–Trinajstić information content (AvgIpc) is 2.51. The van der Waals surface area contributed by atoms with Gasteiger partial charge < -0.3 is 5.32 Å². The van der Waals surface area contributed by atoms with Crippen molar-refractivity contribution in [3.63, 3.8) is 0 Å². The van der Waals surface area contributed by atoms with E-state index in [0.717, 1.165) is 5.92 Å². The molecule has 1 aliphatic rings. The smallest absolute Gasteiger partial charge is 0.00774 e. The number of rotatable bonds is 2. The third kappa shape index (κ3) is 1.54. The molecule has 0 aliphatic heterocycles. The Morgan fingerprint density at radius 3 is 3.42 bits per heavy atom. The van der Waals surface area contributed by atoms with Gasteiger partial charge in [-0.25, -0.2) is 0 Å². The maximum absolute atomic E-state index is 3.26. The Labute approximate surface area is 77.8 Å². The summed E-state index contributed by atoms with van der Waals surface area (Å²) < 4.78 is 0. The predicted molar refractivity (Wildman–Crippen MR) is 53.8 cm³/mol. The molecule has 1 N–H and O–H groups in total. The molecule has 1 aliphatic carbocycles. The zero-order chi connectivity index (χ0) is 8.39. The average molecular weight is 181 g/mol. The molecular formula is C10H15NS. The van der Waals surface area contributed by atoms with Crippen LogP contribution in [-0.2, 0) is 12.8 Å². The fourth-order valence-corrected chi connectivity index (χ4v) is 2.91. The second kappa shape index (κ2) is 3.58. The summed E-state index contributed by atoms with van der Waals surface area (Å²) in [5, 5.41) is 5.49. The van der Waals surface area contributed by atoms with Crippen LogP contribution in [0.15, 0.2) is 11.4 Å². The van der Waals surface area contributed by atoms with E-state index in [1.807, 2.05) is 18.4 Å². The van der Waals surface area contributed by atoms with Crippen molar-refractivity contribution in [2.45, 2.75) is 19.3 Å². The molecule has 1 heterocycles. The Morgan fingerprint density at radius 1 is 1.67 bits per heavy atom. The Balaban J connectivity index is 2.05. The van der Waals surface area contributed by atoms with Gasteiger partial charge in [-0.2, -0.15) is 0 Å². The largest absolute Gasteiger partial charge is 0.319 e. The Morgan fingerprint density at radius 2 is 2.58 bits per heavy atom. The molecule has 0 saturated carbocycles. The molecule has 0 bridgehead atoms. The first-order chi connectivity index (χ1) is 5.90. The highest BCUT2D eigenvalue weighted by atomic mass is 32.1. The molecule has 0 fully saturated rings. The number of hydrogen-bond donors (Lipinski definition) is 1. The lowest BCUT2D eigenvalue weighted by atomic mass is 9.89. The zero-order valence-corrected chi connectivity index (χ0v) is 8.29. The molecule has 1 aromatic rings. The highest BCUT2D eigenvalue weighted by Gasteiger charge is 2.18. The van der Waals surface area contributed by atoms with E-state index in [1.54, 1.807) is 10.4 Å². The number of fused-ring (bicyclic) bond motifs is 1. The first-order valence-electron chi connectivity index (χ1n) is 4.60. The summed E-state index contributed by atoms with van der Waals surface area (Å²) in [6.07, 6.45) is 3.97. The van der Waals surface area contributed by atoms with Gasteiger partial charge >= 0.3 is 0 Å². The fourth-order valence-electron chi connectivity index (χ4n) is 1.98. The predicted octanol–water partition coefficient (Wildman–Crippen LogP) is 2.07. The van der Waals surface area contributed by atoms with Crippen molar-refractivity contribution in [2.75, 3.05) is 13.6 Å². The maximum Gasteiger partial charge on any atom is 0.00774 e. The van der Waals surface area contributed by atoms with Gasteiger partial charge in [0.15, 0.2) is 0 Å². The van der Waals surface area contributed by atoms with Crippen molar-refractivity contribution >= 4 is 11.3 Å². The molecule has 0 radical (unpaired) electrons. The van der Waals surface area contributed by atoms with Crippen LogP contribution >= 0.6 is 11.3 Å². The maximum atomic E-state index is 3.26. The van der Waals surface area contributed by atoms with Gasteiger partial charge in [-0.15, -0.1) is 11.3 Å². The highest BCUT2D eigenvalue weighted by Crippen LogP contribution is 2.28. The Bertz CT molecular complexity index is 254. The lowest BCUT2D eigenvalue weighted by molar-refractivity contribution is 0.444. The lowest BCUT2D eigenvalue weighted by Crippen LogP contribution is -2.23. The van der Waals surface area contributed by atoms with Gasteiger partial charge in [-0.3, -0.25) is 0 Å². The minimum Gasteiger partial charge on any atom is -0.319 e. The van der Waals surface area contributed by atoms with E-state index in [2.05, 4.69) is 16.8 Å². The van der Waals surface area contributed by atoms with Crippen molar-refractivity contribution < 1.29 is 0 Å². The van der Waals surface area contributed by atoms with Crippen LogP contribution in [0.25, 0.3) is 0 Å². The van der Waals surface area contributed by atoms with E-state index in [9.17, 15) is 0 Å². The first-order valence-corrected chi connectivity index (χ1v) is 5.48. The molecule has 2 rings (SSSR count). The van der Waals surface area contributed by atoms with Crippen molar-refractivity contribution in [1.82, 2.24) is 5.32 Å². The van der Waals surface area contributed by atoms with Crippen LogP contribution in [-0.4, -0.2) is 13.6 Å². The number of thiophene rings is 1. The van der Waals surface area contributed by atoms with Crippen LogP contribution in [0.2, 0.25) is 0 Å². The summed E-state index contributed by atoms with van der Waals surface area (Å²) in [5.74, 6) is 0.872. The number of aryl methyl sites for hydroxylation is 1. The summed E-state index contributed by atoms with van der Waals surface area (Å²) in [5.41, 5.74) is 1.60. The molecular weight excluding hydrogens is 166 g/mol. The van der Waals surface area contributed by atoms with E-state index >= 15 is 0 Å². The van der Waals surface area contributed by atoms with E-state index < -0.39 is 0 Å². The summed E-state index contributed by atoms with van der Waals surface area (Å²) >= 11 is 1.93. The molecule has 2 heteroatoms. The summed E-state index contributed by atoms with van der Waals surface area (Å²) in [4.78, 5) is 1.63. The van der Waals surface area contributed by atoms with Crippen LogP contribution in [0, 0.1) is 5.92 Å². The van der Waals surface area contributed by atoms with E-state index in [1.165, 1.54) is 25.8 Å². The minimum atomic E-state index is 0.872. The molecule has 0 saturated heterocycles. The van der Waals surface area contributed by atoms with Crippen molar-refractivity contribution in [1.29, 1.82) is 0 Å². The molecule has 0 spiro atoms. The van der Waals surface area contributed by atoms with Crippen molar-refractivity contribution in [3.05, 3.63) is 21.9 Å². The molecule has 66 valence electrons. The van der Waals surface area contributed by atoms with Gasteiger partial charge in [-0.1, -0.05) is 0 Å². The van der Waals surface area contributed by atoms with Crippen molar-refractivity contribution in [2.24, 2.45) is 5.92 Å². The summed E-state index contributed by atoms with van der Waals surface area (Å²) in [6.45, 7) is 1.18. The van der Waals surface area contributed by atoms with Crippen LogP contribution < -0.4 is 5.32 Å². The molecule has 12 heavy (non-hydrogen) atoms. The lowest BCUT2D eigenvalue weighted by Gasteiger charge is -2.21. The third-order valence-corrected chi connectivity index (χ3v) is 3.64. The zero-order valence-electron chi connectivity index (χ0n) is 7.47. The Hall–Kier alpha value is -0.340. The van der Waals surface area contributed by atoms with Crippen LogP contribution in [0.3, 0.4) is 0 Å². The normalized spacial score (nSPS) is 22.2. The van der Waals surface area contributed by atoms with Gasteiger partial charge in [0.05, 0.1) is 0 Å². The molecule has 1 atom stereocenters. The van der Waals surface area contributed by atoms with E-state index in [-0.39, 0.29) is 0 Å². The number of nitrogens with one attached hydrogen (secondary N) is 1. The van der Waals surface area contributed by atoms with Gasteiger partial charge in [0.1, 0.15) is 0 Å². The first kappa shape index (κ1) is 8.27.